The summed E-state index contributed by atoms with van der Waals surface area (Å²) in [6.07, 6.45) is -3.32. The average molecular weight is 577 g/mol. The van der Waals surface area contributed by atoms with Crippen LogP contribution in [-0.4, -0.2) is 68.2 Å². The van der Waals surface area contributed by atoms with Gasteiger partial charge in [-0.05, 0) is 74.8 Å². The molecule has 1 atom stereocenters. The number of nitrogens with one attached hydrogen (secondary N) is 2. The lowest BCUT2D eigenvalue weighted by Gasteiger charge is -2.34. The van der Waals surface area contributed by atoms with E-state index in [0.717, 1.165) is 22.4 Å². The summed E-state index contributed by atoms with van der Waals surface area (Å²) in [6.45, 7) is 4.20. The molecule has 2 N–H and O–H groups in total. The summed E-state index contributed by atoms with van der Waals surface area (Å²) in [5.74, 6) is -0.464. The minimum atomic E-state index is -4.14. The normalized spacial score (nSPS) is 18.7. The maximum atomic E-state index is 14.8. The van der Waals surface area contributed by atoms with Crippen molar-refractivity contribution < 1.29 is 30.8 Å². The molecule has 220 valence electrons. The molecule has 12 heteroatoms. The average Bonchev–Trinajstić information content (AvgIpc) is 3.17. The van der Waals surface area contributed by atoms with E-state index in [1.807, 2.05) is 33.0 Å². The molecule has 1 aromatic carbocycles. The third-order valence-electron chi connectivity index (χ3n) is 7.75. The molecule has 2 aliphatic heterocycles. The molecule has 39 heavy (non-hydrogen) atoms. The number of nitrogens with zero attached hydrogens (tertiary/aromatic N) is 2. The number of rotatable bonds is 13. The highest BCUT2D eigenvalue weighted by Gasteiger charge is 2.48. The lowest BCUT2D eigenvalue weighted by atomic mass is 9.89. The summed E-state index contributed by atoms with van der Waals surface area (Å²) in [4.78, 5) is 17.1. The Kier molecular flexibility index (Phi) is 10.4. The molecule has 2 heterocycles. The van der Waals surface area contributed by atoms with E-state index in [0.29, 0.717) is 32.1 Å². The second-order valence-corrected chi connectivity index (χ2v) is 12.8. The zero-order chi connectivity index (χ0) is 28.8. The van der Waals surface area contributed by atoms with Crippen LogP contribution in [0.4, 0.5) is 23.2 Å². The molecule has 7 nitrogen and oxygen atoms in total. The van der Waals surface area contributed by atoms with Gasteiger partial charge in [0.1, 0.15) is 11.4 Å². The van der Waals surface area contributed by atoms with Crippen LogP contribution in [0.3, 0.4) is 0 Å². The third-order valence-corrected chi connectivity index (χ3v) is 9.62. The maximum absolute atomic E-state index is 14.8. The standard InChI is InChI=1S/C27H40F4N4O3S/c1-19-17-21(32-3)18-20(2)22(19)10-16-39(37,38)35-14-12-26(13-15-35)25(36)33-24(34-26)23(28)9-7-5-4-6-8-11-27(29,30)31/h17-18,23,32H,4-16H2,1-3H3,(H,33,34,36). The van der Waals surface area contributed by atoms with E-state index < -0.39 is 40.2 Å². The summed E-state index contributed by atoms with van der Waals surface area (Å²) < 4.78 is 78.9. The molecule has 0 bridgehead atoms. The van der Waals surface area contributed by atoms with Crippen molar-refractivity contribution in [3.8, 4) is 0 Å². The van der Waals surface area contributed by atoms with Crippen LogP contribution >= 0.6 is 0 Å². The van der Waals surface area contributed by atoms with Gasteiger partial charge < -0.3 is 10.6 Å². The van der Waals surface area contributed by atoms with Gasteiger partial charge in [-0.1, -0.05) is 25.7 Å². The molecule has 1 amide bonds. The van der Waals surface area contributed by atoms with E-state index in [4.69, 9.17) is 0 Å². The zero-order valence-electron chi connectivity index (χ0n) is 23.0. The highest BCUT2D eigenvalue weighted by molar-refractivity contribution is 7.89. The van der Waals surface area contributed by atoms with Gasteiger partial charge in [0.05, 0.1) is 5.75 Å². The highest BCUT2D eigenvalue weighted by atomic mass is 32.2. The van der Waals surface area contributed by atoms with Crippen LogP contribution < -0.4 is 10.6 Å². The number of piperidine rings is 1. The van der Waals surface area contributed by atoms with Crippen LogP contribution in [0.25, 0.3) is 0 Å². The highest BCUT2D eigenvalue weighted by Crippen LogP contribution is 2.33. The van der Waals surface area contributed by atoms with Crippen LogP contribution in [-0.2, 0) is 21.2 Å². The van der Waals surface area contributed by atoms with Gasteiger partial charge in [-0.15, -0.1) is 0 Å². The van der Waals surface area contributed by atoms with Crippen LogP contribution in [0.5, 0.6) is 0 Å². The van der Waals surface area contributed by atoms with E-state index >= 15 is 0 Å². The minimum Gasteiger partial charge on any atom is -0.388 e. The molecule has 1 fully saturated rings. The van der Waals surface area contributed by atoms with Crippen molar-refractivity contribution in [1.82, 2.24) is 9.62 Å². The number of anilines is 1. The second kappa shape index (κ2) is 13.0. The molecule has 1 unspecified atom stereocenters. The fourth-order valence-corrected chi connectivity index (χ4v) is 6.83. The molecule has 1 aromatic rings. The summed E-state index contributed by atoms with van der Waals surface area (Å²) >= 11 is 0. The first-order valence-electron chi connectivity index (χ1n) is 13.6. The number of amidine groups is 1. The van der Waals surface area contributed by atoms with E-state index in [1.165, 1.54) is 4.31 Å². The van der Waals surface area contributed by atoms with Crippen LogP contribution in [0.1, 0.15) is 74.5 Å². The SMILES string of the molecule is CNc1cc(C)c(CCS(=O)(=O)N2CCC3(CC2)N=C(C(F)CCCCCCCC(F)(F)F)NC3=O)c(C)c1. The molecule has 0 saturated carbocycles. The Labute approximate surface area is 228 Å². The Morgan fingerprint density at radius 1 is 1.08 bits per heavy atom. The molecule has 0 radical (unpaired) electrons. The van der Waals surface area contributed by atoms with Crippen molar-refractivity contribution in [2.75, 3.05) is 31.2 Å². The fourth-order valence-electron chi connectivity index (χ4n) is 5.37. The molecule has 2 aliphatic rings. The topological polar surface area (TPSA) is 90.9 Å². The molecule has 1 spiro atoms. The Morgan fingerprint density at radius 2 is 1.67 bits per heavy atom. The second-order valence-electron chi connectivity index (χ2n) is 10.7. The zero-order valence-corrected chi connectivity index (χ0v) is 23.8. The first-order valence-corrected chi connectivity index (χ1v) is 15.2. The first-order chi connectivity index (χ1) is 18.3. The summed E-state index contributed by atoms with van der Waals surface area (Å²) in [5, 5.41) is 5.65. The van der Waals surface area contributed by atoms with Crippen molar-refractivity contribution in [3.05, 3.63) is 28.8 Å². The number of carbonyl (C=O) groups is 1. The molecular formula is C27H40F4N4O3S. The number of unbranched alkanes of at least 4 members (excludes halogenated alkanes) is 4. The minimum absolute atomic E-state index is 0.0238. The number of halogens is 4. The van der Waals surface area contributed by atoms with Crippen molar-refractivity contribution in [2.24, 2.45) is 4.99 Å². The van der Waals surface area contributed by atoms with Crippen molar-refractivity contribution >= 4 is 27.5 Å². The van der Waals surface area contributed by atoms with Gasteiger partial charge in [0.2, 0.25) is 10.0 Å². The van der Waals surface area contributed by atoms with Crippen LogP contribution in [0, 0.1) is 13.8 Å². The van der Waals surface area contributed by atoms with Gasteiger partial charge in [0.25, 0.3) is 5.91 Å². The van der Waals surface area contributed by atoms with Gasteiger partial charge in [0.15, 0.2) is 6.17 Å². The fraction of sp³-hybridized carbons (Fsp3) is 0.704. The number of amides is 1. The van der Waals surface area contributed by atoms with E-state index in [2.05, 4.69) is 15.6 Å². The Bertz CT molecular complexity index is 1120. The maximum Gasteiger partial charge on any atom is 0.389 e. The van der Waals surface area contributed by atoms with Gasteiger partial charge in [-0.3, -0.25) is 9.79 Å². The van der Waals surface area contributed by atoms with Crippen LogP contribution in [0.15, 0.2) is 17.1 Å². The van der Waals surface area contributed by atoms with Crippen molar-refractivity contribution in [3.63, 3.8) is 0 Å². The van der Waals surface area contributed by atoms with Crippen molar-refractivity contribution in [1.29, 1.82) is 0 Å². The number of alkyl halides is 4. The van der Waals surface area contributed by atoms with E-state index in [-0.39, 0.29) is 50.4 Å². The molecule has 1 saturated heterocycles. The van der Waals surface area contributed by atoms with Gasteiger partial charge in [-0.2, -0.15) is 13.2 Å². The lowest BCUT2D eigenvalue weighted by Crippen LogP contribution is -2.51. The predicted molar refractivity (Wildman–Crippen MR) is 145 cm³/mol. The Morgan fingerprint density at radius 3 is 2.26 bits per heavy atom. The van der Waals surface area contributed by atoms with E-state index in [9.17, 15) is 30.8 Å². The molecule has 3 rings (SSSR count). The van der Waals surface area contributed by atoms with Gasteiger partial charge >= 0.3 is 6.18 Å². The van der Waals surface area contributed by atoms with E-state index in [1.54, 1.807) is 0 Å². The summed E-state index contributed by atoms with van der Waals surface area (Å²) in [6, 6.07) is 3.98. The molecule has 0 aliphatic carbocycles. The number of carbonyl (C=O) groups excluding carboxylic acids is 1. The summed E-state index contributed by atoms with van der Waals surface area (Å²) in [5.41, 5.74) is 2.88. The Hall–Kier alpha value is -2.21. The molecule has 0 aromatic heterocycles. The first kappa shape index (κ1) is 31.3. The number of benzene rings is 1. The number of hydrogen-bond acceptors (Lipinski definition) is 5. The summed E-state index contributed by atoms with van der Waals surface area (Å²) in [7, 11) is -1.72. The molecular weight excluding hydrogens is 536 g/mol. The quantitative estimate of drug-likeness (QED) is 0.249. The van der Waals surface area contributed by atoms with Gasteiger partial charge in [0, 0.05) is 32.2 Å². The van der Waals surface area contributed by atoms with Crippen LogP contribution in [0.2, 0.25) is 0 Å². The smallest absolute Gasteiger partial charge is 0.388 e. The lowest BCUT2D eigenvalue weighted by molar-refractivity contribution is -0.135. The predicted octanol–water partition coefficient (Wildman–Crippen LogP) is 5.21. The van der Waals surface area contributed by atoms with Gasteiger partial charge in [-0.25, -0.2) is 17.1 Å². The number of hydrogen-bond donors (Lipinski definition) is 2. The third kappa shape index (κ3) is 8.39. The Balaban J connectivity index is 1.48. The van der Waals surface area contributed by atoms with Crippen molar-refractivity contribution in [2.45, 2.75) is 95.9 Å². The number of aryl methyl sites for hydroxylation is 2. The largest absolute Gasteiger partial charge is 0.389 e. The monoisotopic (exact) mass is 576 g/mol. The number of aliphatic imine (C=N–C) groups is 1. The number of sulfonamides is 1.